The molecule has 0 N–H and O–H groups in total. The normalized spacial score (nSPS) is 15.6. The number of nitrogens with zero attached hydrogens (tertiary/aromatic N) is 5. The first-order valence-corrected chi connectivity index (χ1v) is 13.5. The fourth-order valence-electron chi connectivity index (χ4n) is 5.33. The molecule has 4 rings (SSSR count). The van der Waals surface area contributed by atoms with E-state index in [9.17, 15) is 0 Å². The van der Waals surface area contributed by atoms with Gasteiger partial charge in [-0.3, -0.25) is 4.90 Å². The van der Waals surface area contributed by atoms with Crippen LogP contribution in [0.3, 0.4) is 0 Å². The van der Waals surface area contributed by atoms with Crippen LogP contribution in [0.15, 0.2) is 60.7 Å². The van der Waals surface area contributed by atoms with Crippen LogP contribution in [-0.4, -0.2) is 65.4 Å². The monoisotopic (exact) mass is 473 g/mol. The van der Waals surface area contributed by atoms with Gasteiger partial charge in [-0.05, 0) is 49.5 Å². The topological polar surface area (TPSA) is 27.5 Å². The highest BCUT2D eigenvalue weighted by molar-refractivity contribution is 5.56. The van der Waals surface area contributed by atoms with Crippen LogP contribution in [0.25, 0.3) is 5.69 Å². The highest BCUT2D eigenvalue weighted by Crippen LogP contribution is 2.31. The Labute approximate surface area is 212 Å². The maximum atomic E-state index is 5.20. The van der Waals surface area contributed by atoms with Crippen molar-refractivity contribution in [2.24, 2.45) is 0 Å². The molecule has 1 aliphatic rings. The van der Waals surface area contributed by atoms with Gasteiger partial charge in [-0.2, -0.15) is 5.10 Å². The van der Waals surface area contributed by atoms with Gasteiger partial charge >= 0.3 is 0 Å². The average Bonchev–Trinajstić information content (AvgIpc) is 3.28. The second kappa shape index (κ2) is 12.4. The number of hydrogen-bond donors (Lipinski definition) is 0. The third kappa shape index (κ3) is 6.14. The average molecular weight is 474 g/mol. The lowest BCUT2D eigenvalue weighted by Crippen LogP contribution is -2.47. The number of para-hydroxylation sites is 1. The summed E-state index contributed by atoms with van der Waals surface area (Å²) in [4.78, 5) is 7.78. The van der Waals surface area contributed by atoms with Crippen molar-refractivity contribution in [3.63, 3.8) is 0 Å². The van der Waals surface area contributed by atoms with Gasteiger partial charge in [0, 0.05) is 44.8 Å². The molecule has 0 amide bonds. The van der Waals surface area contributed by atoms with Crippen molar-refractivity contribution in [1.82, 2.24) is 19.6 Å². The Hall–Kier alpha value is -2.63. The predicted octanol–water partition coefficient (Wildman–Crippen LogP) is 5.59. The molecule has 0 bridgehead atoms. The maximum Gasteiger partial charge on any atom is 0.137 e. The molecule has 1 aromatic heterocycles. The van der Waals surface area contributed by atoms with E-state index in [0.29, 0.717) is 5.92 Å². The summed E-state index contributed by atoms with van der Waals surface area (Å²) >= 11 is 0. The van der Waals surface area contributed by atoms with Crippen LogP contribution in [0.4, 0.5) is 5.82 Å². The summed E-state index contributed by atoms with van der Waals surface area (Å²) in [7, 11) is 0. The quantitative estimate of drug-likeness (QED) is 0.363. The summed E-state index contributed by atoms with van der Waals surface area (Å²) in [6, 6.07) is 21.6. The first-order chi connectivity index (χ1) is 17.1. The third-order valence-electron chi connectivity index (χ3n) is 7.32. The van der Waals surface area contributed by atoms with Gasteiger partial charge in [-0.25, -0.2) is 4.68 Å². The molecule has 5 heteroatoms. The van der Waals surface area contributed by atoms with Gasteiger partial charge in [0.1, 0.15) is 5.82 Å². The number of anilines is 1. The Bertz CT molecular complexity index is 1020. The Morgan fingerprint density at radius 2 is 1.54 bits per heavy atom. The highest BCUT2D eigenvalue weighted by atomic mass is 15.4. The van der Waals surface area contributed by atoms with Crippen LogP contribution in [0.2, 0.25) is 0 Å². The van der Waals surface area contributed by atoms with Crippen molar-refractivity contribution < 1.29 is 0 Å². The van der Waals surface area contributed by atoms with E-state index in [0.717, 1.165) is 70.9 Å². The molecule has 5 nitrogen and oxygen atoms in total. The van der Waals surface area contributed by atoms with Gasteiger partial charge < -0.3 is 9.80 Å². The Balaban J connectivity index is 1.68. The largest absolute Gasteiger partial charge is 0.354 e. The van der Waals surface area contributed by atoms with Crippen LogP contribution in [-0.2, 0) is 13.0 Å². The lowest BCUT2D eigenvalue weighted by atomic mass is 10.00. The number of aromatic nitrogens is 2. The summed E-state index contributed by atoms with van der Waals surface area (Å²) in [5.41, 5.74) is 5.21. The fourth-order valence-corrected chi connectivity index (χ4v) is 5.33. The Kier molecular flexibility index (Phi) is 9.00. The molecular weight excluding hydrogens is 430 g/mol. The summed E-state index contributed by atoms with van der Waals surface area (Å²) < 4.78 is 2.22. The molecule has 2 heterocycles. The first-order valence-electron chi connectivity index (χ1n) is 13.5. The molecule has 0 aliphatic carbocycles. The van der Waals surface area contributed by atoms with Gasteiger partial charge in [0.2, 0.25) is 0 Å². The van der Waals surface area contributed by atoms with Gasteiger partial charge in [0.25, 0.3) is 0 Å². The highest BCUT2D eigenvalue weighted by Gasteiger charge is 2.27. The van der Waals surface area contributed by atoms with Gasteiger partial charge in [0.15, 0.2) is 0 Å². The lowest BCUT2D eigenvalue weighted by molar-refractivity contribution is 0.250. The first kappa shape index (κ1) is 25.5. The molecule has 0 spiro atoms. The molecule has 1 atom stereocenters. The summed E-state index contributed by atoms with van der Waals surface area (Å²) in [6.07, 6.45) is 2.10. The molecule has 0 unspecified atom stereocenters. The minimum absolute atomic E-state index is 0.494. The molecule has 188 valence electrons. The van der Waals surface area contributed by atoms with E-state index >= 15 is 0 Å². The SMILES string of the molecule is CCCN(Cc1c(CC)nn(-c2ccccc2)c1N1CCN(CC)CC1)C[C@@H](C)c1ccccc1. The third-order valence-corrected chi connectivity index (χ3v) is 7.32. The predicted molar refractivity (Wildman–Crippen MR) is 148 cm³/mol. The van der Waals surface area contributed by atoms with Crippen molar-refractivity contribution in [2.75, 3.05) is 50.7 Å². The molecular formula is C30H43N5. The number of piperazine rings is 1. The zero-order chi connectivity index (χ0) is 24.6. The van der Waals surface area contributed by atoms with E-state index in [-0.39, 0.29) is 0 Å². The molecule has 2 aromatic carbocycles. The minimum atomic E-state index is 0.494. The second-order valence-corrected chi connectivity index (χ2v) is 9.82. The number of rotatable bonds is 11. The molecule has 1 aliphatic heterocycles. The second-order valence-electron chi connectivity index (χ2n) is 9.82. The summed E-state index contributed by atoms with van der Waals surface area (Å²) in [5, 5.41) is 5.20. The van der Waals surface area contributed by atoms with Gasteiger partial charge in [0.05, 0.1) is 11.4 Å². The maximum absolute atomic E-state index is 5.20. The van der Waals surface area contributed by atoms with Crippen LogP contribution in [0.1, 0.15) is 56.9 Å². The lowest BCUT2D eigenvalue weighted by Gasteiger charge is -2.36. The van der Waals surface area contributed by atoms with Gasteiger partial charge in [-0.1, -0.05) is 76.2 Å². The number of hydrogen-bond acceptors (Lipinski definition) is 4. The molecule has 1 fully saturated rings. The Morgan fingerprint density at radius 1 is 0.886 bits per heavy atom. The van der Waals surface area contributed by atoms with Crippen molar-refractivity contribution in [3.05, 3.63) is 77.5 Å². The van der Waals surface area contributed by atoms with E-state index < -0.39 is 0 Å². The van der Waals surface area contributed by atoms with Crippen LogP contribution >= 0.6 is 0 Å². The van der Waals surface area contributed by atoms with E-state index in [2.05, 4.69) is 108 Å². The minimum Gasteiger partial charge on any atom is -0.354 e. The zero-order valence-electron chi connectivity index (χ0n) is 22.2. The van der Waals surface area contributed by atoms with E-state index in [1.165, 1.54) is 22.6 Å². The molecule has 3 aromatic rings. The van der Waals surface area contributed by atoms with E-state index in [4.69, 9.17) is 5.10 Å². The van der Waals surface area contributed by atoms with Crippen molar-refractivity contribution in [1.29, 1.82) is 0 Å². The summed E-state index contributed by atoms with van der Waals surface area (Å²) in [5.74, 6) is 1.80. The number of benzene rings is 2. The Morgan fingerprint density at radius 3 is 2.14 bits per heavy atom. The van der Waals surface area contributed by atoms with E-state index in [1.54, 1.807) is 0 Å². The molecule has 0 radical (unpaired) electrons. The van der Waals surface area contributed by atoms with Crippen molar-refractivity contribution in [2.45, 2.75) is 53.0 Å². The van der Waals surface area contributed by atoms with Crippen LogP contribution in [0.5, 0.6) is 0 Å². The summed E-state index contributed by atoms with van der Waals surface area (Å²) in [6.45, 7) is 17.7. The van der Waals surface area contributed by atoms with E-state index in [1.807, 2.05) is 0 Å². The van der Waals surface area contributed by atoms with Crippen LogP contribution in [0, 0.1) is 0 Å². The fraction of sp³-hybridized carbons (Fsp3) is 0.500. The molecule has 35 heavy (non-hydrogen) atoms. The van der Waals surface area contributed by atoms with Gasteiger partial charge in [-0.15, -0.1) is 0 Å². The number of likely N-dealkylation sites (N-methyl/N-ethyl adjacent to an activating group) is 1. The molecule has 1 saturated heterocycles. The smallest absolute Gasteiger partial charge is 0.137 e. The van der Waals surface area contributed by atoms with Crippen LogP contribution < -0.4 is 4.90 Å². The van der Waals surface area contributed by atoms with Crippen molar-refractivity contribution in [3.8, 4) is 5.69 Å². The standard InChI is InChI=1S/C30H43N5/c1-5-18-33(23-25(4)26-14-10-8-11-15-26)24-28-29(6-2)31-35(27-16-12-9-13-17-27)30(28)34-21-19-32(7-3)20-22-34/h8-17,25H,5-7,18-24H2,1-4H3/t25-/m1/s1. The zero-order valence-corrected chi connectivity index (χ0v) is 22.2. The van der Waals surface area contributed by atoms with Crippen molar-refractivity contribution >= 4 is 5.82 Å². The molecule has 0 saturated carbocycles. The number of aryl methyl sites for hydroxylation is 1.